The Kier molecular flexibility index (Phi) is 10.4. The molecule has 0 saturated carbocycles. The van der Waals surface area contributed by atoms with Gasteiger partial charge in [0, 0.05) is 47.0 Å². The predicted octanol–water partition coefficient (Wildman–Crippen LogP) is 1.73. The maximum absolute atomic E-state index is 13.8. The Morgan fingerprint density at radius 1 is 0.773 bits per heavy atom. The van der Waals surface area contributed by atoms with E-state index in [4.69, 9.17) is 5.73 Å². The molecule has 12 nitrogen and oxygen atoms in total. The SMILES string of the molecule is CCC(C)C(NC(=O)C(Cc1c[nH]c2ccccc12)NC(=O)C(N)C(C)O)C(=O)NC(Cc1c[nH]c2ccccc12)C(=O)O. The summed E-state index contributed by atoms with van der Waals surface area (Å²) in [5, 5.41) is 29.5. The fraction of sp³-hybridized carbons (Fsp3) is 0.375. The van der Waals surface area contributed by atoms with Gasteiger partial charge in [-0.2, -0.15) is 0 Å². The monoisotopic (exact) mass is 604 g/mol. The Morgan fingerprint density at radius 3 is 1.77 bits per heavy atom. The molecule has 4 rings (SSSR count). The van der Waals surface area contributed by atoms with Crippen LogP contribution in [0.5, 0.6) is 0 Å². The highest BCUT2D eigenvalue weighted by atomic mass is 16.4. The van der Waals surface area contributed by atoms with Crippen LogP contribution < -0.4 is 21.7 Å². The number of amides is 3. The van der Waals surface area contributed by atoms with Gasteiger partial charge >= 0.3 is 5.97 Å². The highest BCUT2D eigenvalue weighted by Gasteiger charge is 2.34. The van der Waals surface area contributed by atoms with Gasteiger partial charge in [-0.15, -0.1) is 0 Å². The Labute approximate surface area is 254 Å². The van der Waals surface area contributed by atoms with Gasteiger partial charge < -0.3 is 41.9 Å². The van der Waals surface area contributed by atoms with Crippen LogP contribution in [-0.2, 0) is 32.0 Å². The van der Waals surface area contributed by atoms with Crippen molar-refractivity contribution in [1.82, 2.24) is 25.9 Å². The molecule has 0 bridgehead atoms. The number of aromatic amines is 2. The largest absolute Gasteiger partial charge is 0.480 e. The maximum atomic E-state index is 13.8. The molecule has 44 heavy (non-hydrogen) atoms. The summed E-state index contributed by atoms with van der Waals surface area (Å²) in [6.07, 6.45) is 2.91. The maximum Gasteiger partial charge on any atom is 0.326 e. The molecule has 2 aromatic carbocycles. The Bertz CT molecular complexity index is 1630. The van der Waals surface area contributed by atoms with Crippen molar-refractivity contribution in [2.45, 2.75) is 70.3 Å². The molecule has 2 heterocycles. The second kappa shape index (κ2) is 14.2. The number of benzene rings is 2. The molecule has 0 aliphatic carbocycles. The van der Waals surface area contributed by atoms with Crippen molar-refractivity contribution in [1.29, 1.82) is 0 Å². The Balaban J connectivity index is 1.55. The number of carbonyl (C=O) groups is 4. The minimum Gasteiger partial charge on any atom is -0.480 e. The zero-order valence-corrected chi connectivity index (χ0v) is 25.0. The summed E-state index contributed by atoms with van der Waals surface area (Å²) in [5.41, 5.74) is 9.02. The van der Waals surface area contributed by atoms with Crippen LogP contribution >= 0.6 is 0 Å². The van der Waals surface area contributed by atoms with E-state index in [0.29, 0.717) is 6.42 Å². The Hall–Kier alpha value is -4.68. The average molecular weight is 605 g/mol. The van der Waals surface area contributed by atoms with E-state index in [9.17, 15) is 29.4 Å². The standard InChI is InChI=1S/C32H40N6O6/c1-4-17(2)28(31(42)37-26(32(43)44)14-20-16-35-24-12-8-6-10-22(20)24)38-29(40)25(36-30(41)27(33)18(3)39)13-19-15-34-23-11-7-5-9-21(19)23/h5-12,15-18,25-28,34-35,39H,4,13-14,33H2,1-3H3,(H,36,41)(H,37,42)(H,38,40)(H,43,44). The van der Waals surface area contributed by atoms with Gasteiger partial charge in [0.05, 0.1) is 6.10 Å². The van der Waals surface area contributed by atoms with Crippen LogP contribution in [0.4, 0.5) is 0 Å². The number of aliphatic hydroxyl groups is 1. The molecule has 12 heteroatoms. The number of carbonyl (C=O) groups excluding carboxylic acids is 3. The third kappa shape index (κ3) is 7.44. The fourth-order valence-electron chi connectivity index (χ4n) is 5.15. The highest BCUT2D eigenvalue weighted by molar-refractivity contribution is 5.95. The number of H-pyrrole nitrogens is 2. The number of rotatable bonds is 14. The van der Waals surface area contributed by atoms with E-state index in [2.05, 4.69) is 25.9 Å². The lowest BCUT2D eigenvalue weighted by Gasteiger charge is -2.28. The van der Waals surface area contributed by atoms with Gasteiger partial charge in [-0.1, -0.05) is 56.7 Å². The average Bonchev–Trinajstić information content (AvgIpc) is 3.62. The van der Waals surface area contributed by atoms with Gasteiger partial charge in [0.2, 0.25) is 17.7 Å². The smallest absolute Gasteiger partial charge is 0.326 e. The number of para-hydroxylation sites is 2. The lowest BCUT2D eigenvalue weighted by molar-refractivity contribution is -0.142. The molecule has 0 aliphatic heterocycles. The fourth-order valence-corrected chi connectivity index (χ4v) is 5.15. The summed E-state index contributed by atoms with van der Waals surface area (Å²) in [7, 11) is 0. The van der Waals surface area contributed by atoms with Crippen LogP contribution in [0.15, 0.2) is 60.9 Å². The van der Waals surface area contributed by atoms with Gasteiger partial charge in [0.25, 0.3) is 0 Å². The molecular formula is C32H40N6O6. The predicted molar refractivity (Wildman–Crippen MR) is 167 cm³/mol. The van der Waals surface area contributed by atoms with Crippen molar-refractivity contribution in [2.75, 3.05) is 0 Å². The van der Waals surface area contributed by atoms with E-state index in [0.717, 1.165) is 32.9 Å². The van der Waals surface area contributed by atoms with Crippen LogP contribution in [0.3, 0.4) is 0 Å². The molecule has 0 saturated heterocycles. The van der Waals surface area contributed by atoms with Gasteiger partial charge in [-0.25, -0.2) is 4.79 Å². The van der Waals surface area contributed by atoms with Crippen molar-refractivity contribution in [3.8, 4) is 0 Å². The van der Waals surface area contributed by atoms with Crippen molar-refractivity contribution >= 4 is 45.5 Å². The third-order valence-corrected chi connectivity index (χ3v) is 8.06. The summed E-state index contributed by atoms with van der Waals surface area (Å²) < 4.78 is 0. The quantitative estimate of drug-likeness (QED) is 0.107. The third-order valence-electron chi connectivity index (χ3n) is 8.06. The van der Waals surface area contributed by atoms with Crippen molar-refractivity contribution in [3.05, 3.63) is 72.1 Å². The summed E-state index contributed by atoms with van der Waals surface area (Å²) in [6, 6.07) is 10.2. The number of hydrogen-bond donors (Lipinski definition) is 8. The second-order valence-corrected chi connectivity index (χ2v) is 11.2. The van der Waals surface area contributed by atoms with Crippen LogP contribution in [0, 0.1) is 5.92 Å². The number of aromatic nitrogens is 2. The molecule has 6 atom stereocenters. The lowest BCUT2D eigenvalue weighted by atomic mass is 9.96. The van der Waals surface area contributed by atoms with Gasteiger partial charge in [-0.05, 0) is 36.1 Å². The van der Waals surface area contributed by atoms with E-state index < -0.39 is 54.0 Å². The first-order valence-corrected chi connectivity index (χ1v) is 14.7. The molecule has 4 aromatic rings. The first kappa shape index (κ1) is 32.2. The van der Waals surface area contributed by atoms with Crippen LogP contribution in [0.2, 0.25) is 0 Å². The van der Waals surface area contributed by atoms with Crippen molar-refractivity contribution in [2.24, 2.45) is 11.7 Å². The number of nitrogens with two attached hydrogens (primary N) is 1. The lowest BCUT2D eigenvalue weighted by Crippen LogP contribution is -2.60. The molecule has 3 amide bonds. The number of nitrogens with one attached hydrogen (secondary N) is 5. The molecule has 0 aliphatic rings. The van der Waals surface area contributed by atoms with E-state index in [1.54, 1.807) is 19.3 Å². The molecule has 2 aromatic heterocycles. The zero-order valence-electron chi connectivity index (χ0n) is 25.0. The molecular weight excluding hydrogens is 564 g/mol. The highest BCUT2D eigenvalue weighted by Crippen LogP contribution is 2.21. The first-order valence-electron chi connectivity index (χ1n) is 14.7. The van der Waals surface area contributed by atoms with E-state index in [1.165, 1.54) is 6.92 Å². The van der Waals surface area contributed by atoms with Gasteiger partial charge in [-0.3, -0.25) is 14.4 Å². The van der Waals surface area contributed by atoms with Crippen LogP contribution in [0.25, 0.3) is 21.8 Å². The number of hydrogen-bond acceptors (Lipinski definition) is 6. The molecule has 234 valence electrons. The summed E-state index contributed by atoms with van der Waals surface area (Å²) in [5.74, 6) is -3.61. The van der Waals surface area contributed by atoms with E-state index >= 15 is 0 Å². The summed E-state index contributed by atoms with van der Waals surface area (Å²) >= 11 is 0. The van der Waals surface area contributed by atoms with Gasteiger partial charge in [0.1, 0.15) is 24.2 Å². The molecule has 0 fully saturated rings. The normalized spacial score (nSPS) is 15.6. The Morgan fingerprint density at radius 2 is 1.27 bits per heavy atom. The van der Waals surface area contributed by atoms with Gasteiger partial charge in [0.15, 0.2) is 0 Å². The second-order valence-electron chi connectivity index (χ2n) is 11.2. The summed E-state index contributed by atoms with van der Waals surface area (Å²) in [6.45, 7) is 5.00. The molecule has 6 unspecified atom stereocenters. The van der Waals surface area contributed by atoms with Crippen molar-refractivity contribution in [3.63, 3.8) is 0 Å². The van der Waals surface area contributed by atoms with Crippen LogP contribution in [0.1, 0.15) is 38.3 Å². The minimum atomic E-state index is -1.28. The molecule has 9 N–H and O–H groups in total. The topological polar surface area (TPSA) is 202 Å². The molecule has 0 spiro atoms. The molecule has 0 radical (unpaired) electrons. The van der Waals surface area contributed by atoms with Crippen molar-refractivity contribution < 1.29 is 29.4 Å². The first-order chi connectivity index (χ1) is 21.0. The number of fused-ring (bicyclic) bond motifs is 2. The minimum absolute atomic E-state index is 0.0305. The zero-order chi connectivity index (χ0) is 32.0. The number of carboxylic acids is 1. The number of carboxylic acid groups (broad SMARTS) is 1. The summed E-state index contributed by atoms with van der Waals surface area (Å²) in [4.78, 5) is 58.6. The van der Waals surface area contributed by atoms with E-state index in [-0.39, 0.29) is 18.8 Å². The number of aliphatic carboxylic acids is 1. The van der Waals surface area contributed by atoms with Crippen LogP contribution in [-0.4, -0.2) is 74.1 Å². The van der Waals surface area contributed by atoms with E-state index in [1.807, 2.05) is 55.5 Å². The number of aliphatic hydroxyl groups excluding tert-OH is 1.